The molecular weight excluding hydrogens is 305 g/mol. The van der Waals surface area contributed by atoms with Gasteiger partial charge in [0.25, 0.3) is 0 Å². The Balaban J connectivity index is 2.02. The Labute approximate surface area is 135 Å². The summed E-state index contributed by atoms with van der Waals surface area (Å²) in [6.45, 7) is 2.68. The van der Waals surface area contributed by atoms with Gasteiger partial charge in [-0.1, -0.05) is 41.4 Å². The average molecular weight is 322 g/mol. The number of hydrogen-bond acceptors (Lipinski definition) is 2. The highest BCUT2D eigenvalue weighted by Gasteiger charge is 2.13. The third-order valence-electron chi connectivity index (χ3n) is 3.37. The summed E-state index contributed by atoms with van der Waals surface area (Å²) < 4.78 is 0. The van der Waals surface area contributed by atoms with Gasteiger partial charge >= 0.3 is 0 Å². The van der Waals surface area contributed by atoms with Crippen molar-refractivity contribution in [2.24, 2.45) is 0 Å². The number of benzene rings is 2. The SMILES string of the molecule is Cc1cccc(N(C)CCC(=O)c2cccc(Cl)c2Cl)c1. The minimum absolute atomic E-state index is 0.00185. The zero-order valence-electron chi connectivity index (χ0n) is 12.1. The van der Waals surface area contributed by atoms with Crippen LogP contribution in [0.5, 0.6) is 0 Å². The molecule has 0 saturated heterocycles. The van der Waals surface area contributed by atoms with Gasteiger partial charge in [-0.3, -0.25) is 4.79 Å². The van der Waals surface area contributed by atoms with Gasteiger partial charge in [0.15, 0.2) is 5.78 Å². The van der Waals surface area contributed by atoms with E-state index in [0.29, 0.717) is 28.6 Å². The second-order valence-corrected chi connectivity index (χ2v) is 5.82. The average Bonchev–Trinajstić information content (AvgIpc) is 2.47. The van der Waals surface area contributed by atoms with Crippen molar-refractivity contribution in [3.05, 3.63) is 63.6 Å². The van der Waals surface area contributed by atoms with E-state index in [1.807, 2.05) is 32.2 Å². The molecule has 0 bridgehead atoms. The molecule has 0 aliphatic carbocycles. The third kappa shape index (κ3) is 3.99. The topological polar surface area (TPSA) is 20.3 Å². The largest absolute Gasteiger partial charge is 0.374 e. The molecule has 0 N–H and O–H groups in total. The molecule has 2 aromatic rings. The Morgan fingerprint density at radius 3 is 2.57 bits per heavy atom. The maximum absolute atomic E-state index is 12.3. The van der Waals surface area contributed by atoms with Crippen molar-refractivity contribution in [2.75, 3.05) is 18.5 Å². The Bertz CT molecular complexity index is 655. The highest BCUT2D eigenvalue weighted by Crippen LogP contribution is 2.26. The molecule has 0 atom stereocenters. The van der Waals surface area contributed by atoms with Crippen LogP contribution in [0.2, 0.25) is 10.0 Å². The minimum atomic E-state index is 0.00185. The third-order valence-corrected chi connectivity index (χ3v) is 4.19. The number of Topliss-reactive ketones (excluding diaryl/α,β-unsaturated/α-hetero) is 1. The molecule has 0 aliphatic rings. The number of carbonyl (C=O) groups is 1. The Morgan fingerprint density at radius 2 is 1.86 bits per heavy atom. The molecule has 0 aliphatic heterocycles. The van der Waals surface area contributed by atoms with Crippen LogP contribution < -0.4 is 4.90 Å². The van der Waals surface area contributed by atoms with Crippen molar-refractivity contribution in [3.8, 4) is 0 Å². The molecule has 2 aromatic carbocycles. The second kappa shape index (κ2) is 6.97. The van der Waals surface area contributed by atoms with Crippen LogP contribution in [0.4, 0.5) is 5.69 Å². The van der Waals surface area contributed by atoms with Gasteiger partial charge in [0.2, 0.25) is 0 Å². The molecule has 0 fully saturated rings. The number of rotatable bonds is 5. The standard InChI is InChI=1S/C17H17Cl2NO/c1-12-5-3-6-13(11-12)20(2)10-9-16(21)14-7-4-8-15(18)17(14)19/h3-8,11H,9-10H2,1-2H3. The number of anilines is 1. The Kier molecular flexibility index (Phi) is 5.27. The van der Waals surface area contributed by atoms with Crippen molar-refractivity contribution in [3.63, 3.8) is 0 Å². The molecule has 2 nitrogen and oxygen atoms in total. The van der Waals surface area contributed by atoms with Crippen LogP contribution in [0.3, 0.4) is 0 Å². The summed E-state index contributed by atoms with van der Waals surface area (Å²) in [6, 6.07) is 13.3. The highest BCUT2D eigenvalue weighted by molar-refractivity contribution is 6.43. The first-order chi connectivity index (χ1) is 9.99. The van der Waals surface area contributed by atoms with Crippen LogP contribution in [0.15, 0.2) is 42.5 Å². The first-order valence-corrected chi connectivity index (χ1v) is 7.49. The maximum atomic E-state index is 12.3. The van der Waals surface area contributed by atoms with Crippen LogP contribution in [-0.4, -0.2) is 19.4 Å². The number of halogens is 2. The van der Waals surface area contributed by atoms with Crippen LogP contribution in [0.1, 0.15) is 22.3 Å². The Morgan fingerprint density at radius 1 is 1.14 bits per heavy atom. The summed E-state index contributed by atoms with van der Waals surface area (Å²) in [6.07, 6.45) is 0.393. The van der Waals surface area contributed by atoms with E-state index in [1.54, 1.807) is 18.2 Å². The van der Waals surface area contributed by atoms with Gasteiger partial charge in [0, 0.05) is 31.3 Å². The van der Waals surface area contributed by atoms with Crippen molar-refractivity contribution in [1.29, 1.82) is 0 Å². The number of ketones is 1. The Hall–Kier alpha value is -1.51. The number of nitrogens with zero attached hydrogens (tertiary/aromatic N) is 1. The summed E-state index contributed by atoms with van der Waals surface area (Å²) in [5, 5.41) is 0.747. The van der Waals surface area contributed by atoms with Crippen molar-refractivity contribution < 1.29 is 4.79 Å². The molecule has 2 rings (SSSR count). The quantitative estimate of drug-likeness (QED) is 0.721. The second-order valence-electron chi connectivity index (χ2n) is 5.04. The fourth-order valence-electron chi connectivity index (χ4n) is 2.12. The van der Waals surface area contributed by atoms with Gasteiger partial charge in [-0.2, -0.15) is 0 Å². The molecule has 0 saturated carbocycles. The fraction of sp³-hybridized carbons (Fsp3) is 0.235. The van der Waals surface area contributed by atoms with Gasteiger partial charge in [-0.15, -0.1) is 0 Å². The zero-order valence-corrected chi connectivity index (χ0v) is 13.6. The van der Waals surface area contributed by atoms with E-state index in [1.165, 1.54) is 5.56 Å². The molecule has 21 heavy (non-hydrogen) atoms. The van der Waals surface area contributed by atoms with Crippen LogP contribution >= 0.6 is 23.2 Å². The van der Waals surface area contributed by atoms with Gasteiger partial charge in [-0.05, 0) is 36.8 Å². The van der Waals surface area contributed by atoms with Crippen molar-refractivity contribution >= 4 is 34.7 Å². The zero-order chi connectivity index (χ0) is 15.4. The lowest BCUT2D eigenvalue weighted by atomic mass is 10.1. The summed E-state index contributed by atoms with van der Waals surface area (Å²) in [4.78, 5) is 14.3. The summed E-state index contributed by atoms with van der Waals surface area (Å²) in [7, 11) is 1.97. The summed E-state index contributed by atoms with van der Waals surface area (Å²) in [5.41, 5.74) is 2.78. The van der Waals surface area contributed by atoms with Gasteiger partial charge in [0.05, 0.1) is 10.0 Å². The smallest absolute Gasteiger partial charge is 0.166 e. The van der Waals surface area contributed by atoms with E-state index in [0.717, 1.165) is 5.69 Å². The van der Waals surface area contributed by atoms with Crippen LogP contribution in [0, 0.1) is 6.92 Å². The molecule has 0 radical (unpaired) electrons. The maximum Gasteiger partial charge on any atom is 0.166 e. The van der Waals surface area contributed by atoms with E-state index in [4.69, 9.17) is 23.2 Å². The predicted octanol–water partition coefficient (Wildman–Crippen LogP) is 5.01. The molecule has 0 heterocycles. The molecular formula is C17H17Cl2NO. The molecule has 110 valence electrons. The van der Waals surface area contributed by atoms with Crippen LogP contribution in [0.25, 0.3) is 0 Å². The lowest BCUT2D eigenvalue weighted by Gasteiger charge is -2.19. The summed E-state index contributed by atoms with van der Waals surface area (Å²) in [5.74, 6) is 0.00185. The van der Waals surface area contributed by atoms with E-state index < -0.39 is 0 Å². The van der Waals surface area contributed by atoms with Gasteiger partial charge < -0.3 is 4.90 Å². The van der Waals surface area contributed by atoms with E-state index in [-0.39, 0.29) is 5.78 Å². The van der Waals surface area contributed by atoms with Crippen LogP contribution in [-0.2, 0) is 0 Å². The van der Waals surface area contributed by atoms with Gasteiger partial charge in [-0.25, -0.2) is 0 Å². The number of hydrogen-bond donors (Lipinski definition) is 0. The van der Waals surface area contributed by atoms with E-state index in [2.05, 4.69) is 11.0 Å². The molecule has 0 unspecified atom stereocenters. The highest BCUT2D eigenvalue weighted by atomic mass is 35.5. The van der Waals surface area contributed by atoms with Crippen molar-refractivity contribution in [1.82, 2.24) is 0 Å². The van der Waals surface area contributed by atoms with E-state index in [9.17, 15) is 4.79 Å². The lowest BCUT2D eigenvalue weighted by molar-refractivity contribution is 0.0985. The minimum Gasteiger partial charge on any atom is -0.374 e. The fourth-order valence-corrected chi connectivity index (χ4v) is 2.52. The van der Waals surface area contributed by atoms with Crippen molar-refractivity contribution in [2.45, 2.75) is 13.3 Å². The lowest BCUT2D eigenvalue weighted by Crippen LogP contribution is -2.21. The summed E-state index contributed by atoms with van der Waals surface area (Å²) >= 11 is 12.0. The molecule has 0 aromatic heterocycles. The normalized spacial score (nSPS) is 10.5. The predicted molar refractivity (Wildman–Crippen MR) is 89.9 cm³/mol. The monoisotopic (exact) mass is 321 g/mol. The first kappa shape index (κ1) is 15.9. The number of carbonyl (C=O) groups excluding carboxylic acids is 1. The molecule has 0 spiro atoms. The first-order valence-electron chi connectivity index (χ1n) is 6.74. The number of aryl methyl sites for hydroxylation is 1. The molecule has 4 heteroatoms. The van der Waals surface area contributed by atoms with E-state index >= 15 is 0 Å². The molecule has 0 amide bonds. The van der Waals surface area contributed by atoms with Gasteiger partial charge in [0.1, 0.15) is 0 Å².